The molecule has 3 heteroatoms. The first kappa shape index (κ1) is 24.4. The van der Waals surface area contributed by atoms with E-state index < -0.39 is 5.97 Å². The van der Waals surface area contributed by atoms with Gasteiger partial charge in [-0.15, -0.1) is 0 Å². The fraction of sp³-hybridized carbons (Fsp3) is 0.219. The van der Waals surface area contributed by atoms with Gasteiger partial charge in [0.2, 0.25) is 0 Å². The zero-order chi connectivity index (χ0) is 24.3. The summed E-state index contributed by atoms with van der Waals surface area (Å²) in [5, 5.41) is 9.64. The number of carbonyl (C=O) groups is 1. The second-order valence-corrected chi connectivity index (χ2v) is 9.00. The summed E-state index contributed by atoms with van der Waals surface area (Å²) >= 11 is 0. The zero-order valence-corrected chi connectivity index (χ0v) is 20.0. The first-order chi connectivity index (χ1) is 17.2. The molecule has 0 aliphatic carbocycles. The van der Waals surface area contributed by atoms with Gasteiger partial charge in [-0.05, 0) is 48.2 Å². The maximum atomic E-state index is 11.7. The third-order valence-electron chi connectivity index (χ3n) is 6.63. The summed E-state index contributed by atoms with van der Waals surface area (Å²) < 4.78 is 0. The van der Waals surface area contributed by atoms with Crippen molar-refractivity contribution in [3.05, 3.63) is 144 Å². The van der Waals surface area contributed by atoms with Crippen LogP contribution in [-0.4, -0.2) is 35.6 Å². The average Bonchev–Trinajstić information content (AvgIpc) is 2.91. The van der Waals surface area contributed by atoms with Crippen molar-refractivity contribution in [1.29, 1.82) is 0 Å². The van der Waals surface area contributed by atoms with E-state index in [1.54, 1.807) is 0 Å². The highest BCUT2D eigenvalue weighted by atomic mass is 16.4. The first-order valence-electron chi connectivity index (χ1n) is 12.3. The Labute approximate surface area is 208 Å². The Morgan fingerprint density at radius 3 is 1.09 bits per heavy atom. The normalized spacial score (nSPS) is 11.3. The molecule has 0 heterocycles. The monoisotopic (exact) mass is 463 g/mol. The molecule has 3 nitrogen and oxygen atoms in total. The molecule has 0 saturated heterocycles. The lowest BCUT2D eigenvalue weighted by Gasteiger charge is -2.27. The van der Waals surface area contributed by atoms with E-state index in [1.807, 2.05) is 24.3 Å². The fourth-order valence-electron chi connectivity index (χ4n) is 4.88. The minimum absolute atomic E-state index is 0.0482. The fourth-order valence-corrected chi connectivity index (χ4v) is 4.88. The highest BCUT2D eigenvalue weighted by Gasteiger charge is 2.20. The van der Waals surface area contributed by atoms with Gasteiger partial charge >= 0.3 is 5.97 Å². The van der Waals surface area contributed by atoms with Crippen molar-refractivity contribution in [3.8, 4) is 0 Å². The van der Waals surface area contributed by atoms with Crippen LogP contribution in [0, 0.1) is 0 Å². The summed E-state index contributed by atoms with van der Waals surface area (Å²) in [5.74, 6) is -0.322. The molecule has 1 N–H and O–H groups in total. The maximum absolute atomic E-state index is 11.7. The third kappa shape index (κ3) is 7.14. The maximum Gasteiger partial charge on any atom is 0.317 e. The number of hydrogen-bond donors (Lipinski definition) is 1. The van der Waals surface area contributed by atoms with Gasteiger partial charge in [0.1, 0.15) is 0 Å². The van der Waals surface area contributed by atoms with Crippen LogP contribution in [0.25, 0.3) is 0 Å². The quantitative estimate of drug-likeness (QED) is 0.251. The van der Waals surface area contributed by atoms with Crippen LogP contribution in [0.4, 0.5) is 0 Å². The second-order valence-electron chi connectivity index (χ2n) is 9.00. The van der Waals surface area contributed by atoms with Crippen LogP contribution in [0.3, 0.4) is 0 Å². The number of benzene rings is 4. The highest BCUT2D eigenvalue weighted by Crippen LogP contribution is 2.30. The van der Waals surface area contributed by atoms with E-state index in [0.29, 0.717) is 0 Å². The minimum Gasteiger partial charge on any atom is -0.480 e. The standard InChI is InChI=1S/C32H33NO2/c34-32(35)25-33(23-21-30(26-13-5-1-6-14-26)27-15-7-2-8-16-27)24-22-31(28-17-9-3-10-18-28)29-19-11-4-12-20-29/h1-20,30-31H,21-25H2,(H,34,35). The Hall–Kier alpha value is -3.69. The van der Waals surface area contributed by atoms with Gasteiger partial charge in [-0.25, -0.2) is 0 Å². The highest BCUT2D eigenvalue weighted by molar-refractivity contribution is 5.69. The summed E-state index contributed by atoms with van der Waals surface area (Å²) in [4.78, 5) is 13.8. The zero-order valence-electron chi connectivity index (χ0n) is 20.0. The number of carboxylic acid groups (broad SMARTS) is 1. The molecule has 0 fully saturated rings. The van der Waals surface area contributed by atoms with Crippen molar-refractivity contribution in [2.45, 2.75) is 24.7 Å². The van der Waals surface area contributed by atoms with Gasteiger partial charge in [0.25, 0.3) is 0 Å². The van der Waals surface area contributed by atoms with Gasteiger partial charge in [-0.2, -0.15) is 0 Å². The molecule has 4 rings (SSSR count). The minimum atomic E-state index is -0.781. The molecule has 0 spiro atoms. The van der Waals surface area contributed by atoms with Crippen molar-refractivity contribution in [2.75, 3.05) is 19.6 Å². The molecule has 35 heavy (non-hydrogen) atoms. The van der Waals surface area contributed by atoms with Gasteiger partial charge in [-0.1, -0.05) is 121 Å². The van der Waals surface area contributed by atoms with Gasteiger partial charge in [0, 0.05) is 11.8 Å². The molecule has 0 unspecified atom stereocenters. The van der Waals surface area contributed by atoms with Gasteiger partial charge < -0.3 is 5.11 Å². The molecule has 0 atom stereocenters. The summed E-state index contributed by atoms with van der Waals surface area (Å²) in [6, 6.07) is 42.1. The van der Waals surface area contributed by atoms with E-state index in [4.69, 9.17) is 0 Å². The van der Waals surface area contributed by atoms with Crippen LogP contribution in [0.15, 0.2) is 121 Å². The topological polar surface area (TPSA) is 40.5 Å². The Morgan fingerprint density at radius 2 is 0.829 bits per heavy atom. The Balaban J connectivity index is 1.51. The Bertz CT molecular complexity index is 981. The molecule has 4 aromatic carbocycles. The van der Waals surface area contributed by atoms with Crippen molar-refractivity contribution in [3.63, 3.8) is 0 Å². The molecule has 0 aromatic heterocycles. The van der Waals surface area contributed by atoms with Gasteiger partial charge in [-0.3, -0.25) is 9.69 Å². The van der Waals surface area contributed by atoms with Gasteiger partial charge in [0.05, 0.1) is 6.54 Å². The third-order valence-corrected chi connectivity index (χ3v) is 6.63. The van der Waals surface area contributed by atoms with Crippen LogP contribution in [-0.2, 0) is 4.79 Å². The molecule has 0 radical (unpaired) electrons. The average molecular weight is 464 g/mol. The van der Waals surface area contributed by atoms with Crippen LogP contribution >= 0.6 is 0 Å². The van der Waals surface area contributed by atoms with Crippen LogP contribution in [0.1, 0.15) is 46.9 Å². The molecule has 0 amide bonds. The molecular formula is C32H33NO2. The number of aliphatic carboxylic acids is 1. The van der Waals surface area contributed by atoms with E-state index >= 15 is 0 Å². The van der Waals surface area contributed by atoms with E-state index in [-0.39, 0.29) is 18.4 Å². The molecule has 0 aliphatic heterocycles. The summed E-state index contributed by atoms with van der Waals surface area (Å²) in [6.45, 7) is 1.49. The Morgan fingerprint density at radius 1 is 0.543 bits per heavy atom. The van der Waals surface area contributed by atoms with Crippen LogP contribution in [0.2, 0.25) is 0 Å². The predicted molar refractivity (Wildman–Crippen MR) is 143 cm³/mol. The van der Waals surface area contributed by atoms with E-state index in [1.165, 1.54) is 22.3 Å². The summed E-state index contributed by atoms with van der Waals surface area (Å²) in [6.07, 6.45) is 1.73. The van der Waals surface area contributed by atoms with E-state index in [0.717, 1.165) is 25.9 Å². The lowest BCUT2D eigenvalue weighted by atomic mass is 9.87. The molecule has 4 aromatic rings. The lowest BCUT2D eigenvalue weighted by Crippen LogP contribution is -2.33. The predicted octanol–water partition coefficient (Wildman–Crippen LogP) is 6.82. The molecule has 0 saturated carbocycles. The van der Waals surface area contributed by atoms with E-state index in [9.17, 15) is 9.90 Å². The number of nitrogens with zero attached hydrogens (tertiary/aromatic N) is 1. The second kappa shape index (κ2) is 12.7. The smallest absolute Gasteiger partial charge is 0.317 e. The largest absolute Gasteiger partial charge is 0.480 e. The number of carboxylic acids is 1. The van der Waals surface area contributed by atoms with Crippen molar-refractivity contribution < 1.29 is 9.90 Å². The summed E-state index contributed by atoms with van der Waals surface area (Å²) in [5.41, 5.74) is 5.06. The van der Waals surface area contributed by atoms with Crippen LogP contribution < -0.4 is 0 Å². The molecular weight excluding hydrogens is 430 g/mol. The SMILES string of the molecule is O=C(O)CN(CCC(c1ccccc1)c1ccccc1)CCC(c1ccccc1)c1ccccc1. The molecule has 178 valence electrons. The Kier molecular flexibility index (Phi) is 8.85. The number of rotatable bonds is 12. The van der Waals surface area contributed by atoms with Crippen molar-refractivity contribution in [1.82, 2.24) is 4.90 Å². The van der Waals surface area contributed by atoms with Crippen molar-refractivity contribution >= 4 is 5.97 Å². The van der Waals surface area contributed by atoms with Crippen molar-refractivity contribution in [2.24, 2.45) is 0 Å². The number of hydrogen-bond acceptors (Lipinski definition) is 2. The summed E-state index contributed by atoms with van der Waals surface area (Å²) in [7, 11) is 0. The lowest BCUT2D eigenvalue weighted by molar-refractivity contribution is -0.138. The molecule has 0 aliphatic rings. The first-order valence-corrected chi connectivity index (χ1v) is 12.3. The van der Waals surface area contributed by atoms with Gasteiger partial charge in [0.15, 0.2) is 0 Å². The molecule has 0 bridgehead atoms. The van der Waals surface area contributed by atoms with E-state index in [2.05, 4.69) is 102 Å². The van der Waals surface area contributed by atoms with Crippen LogP contribution in [0.5, 0.6) is 0 Å².